The summed E-state index contributed by atoms with van der Waals surface area (Å²) in [6, 6.07) is 10.4. The first-order valence-corrected chi connectivity index (χ1v) is 7.63. The summed E-state index contributed by atoms with van der Waals surface area (Å²) < 4.78 is 37.5. The fourth-order valence-corrected chi connectivity index (χ4v) is 2.87. The van der Waals surface area contributed by atoms with Crippen LogP contribution in [0.4, 0.5) is 5.69 Å². The highest BCUT2D eigenvalue weighted by Crippen LogP contribution is 2.06. The fourth-order valence-electron chi connectivity index (χ4n) is 1.11. The molecule has 0 fully saturated rings. The van der Waals surface area contributed by atoms with Crippen molar-refractivity contribution in [3.63, 3.8) is 0 Å². The van der Waals surface area contributed by atoms with Gasteiger partial charge in [0.25, 0.3) is 0 Å². The summed E-state index contributed by atoms with van der Waals surface area (Å²) >= 11 is 3.54. The number of halogens is 1. The van der Waals surface area contributed by atoms with E-state index in [9.17, 15) is 0 Å². The van der Waals surface area contributed by atoms with Crippen molar-refractivity contribution in [3.8, 4) is 0 Å². The van der Waals surface area contributed by atoms with Gasteiger partial charge in [-0.1, -0.05) is 40.9 Å². The fraction of sp³-hybridized carbons (Fsp3) is 0.100. The normalized spacial score (nSPS) is 10.5. The third-order valence-corrected chi connectivity index (χ3v) is 4.06. The third-order valence-electron chi connectivity index (χ3n) is 1.81. The van der Waals surface area contributed by atoms with E-state index in [2.05, 4.69) is 46.6 Å². The first-order chi connectivity index (χ1) is 8.38. The van der Waals surface area contributed by atoms with Gasteiger partial charge in [0.1, 0.15) is 7.05 Å². The molecule has 0 N–H and O–H groups in total. The maximum Gasteiger partial charge on any atom is 0.319 e. The van der Waals surface area contributed by atoms with Gasteiger partial charge < -0.3 is 0 Å². The van der Waals surface area contributed by atoms with E-state index in [-0.39, 0.29) is 0 Å². The lowest BCUT2D eigenvalue weighted by Gasteiger charge is -2.17. The Balaban J connectivity index is 0.000000280. The summed E-state index contributed by atoms with van der Waals surface area (Å²) in [5, 5.41) is 4.22. The van der Waals surface area contributed by atoms with Gasteiger partial charge in [0.2, 0.25) is 5.69 Å². The van der Waals surface area contributed by atoms with Crippen molar-refractivity contribution in [3.05, 3.63) is 45.1 Å². The van der Waals surface area contributed by atoms with E-state index >= 15 is 0 Å². The van der Waals surface area contributed by atoms with E-state index in [0.29, 0.717) is 0 Å². The van der Waals surface area contributed by atoms with Crippen LogP contribution in [0, 0.1) is 10.2 Å². The number of nitrogens with zero attached hydrogens (tertiary/aromatic N) is 1. The number of benzene rings is 1. The Morgan fingerprint density at radius 3 is 1.83 bits per heavy atom. The minimum atomic E-state index is -4.94. The summed E-state index contributed by atoms with van der Waals surface area (Å²) in [5.74, 6) is 0. The Kier molecular flexibility index (Phi) is 5.89. The maximum atomic E-state index is 8.49. The number of rotatable bonds is 1. The van der Waals surface area contributed by atoms with Gasteiger partial charge in [0.15, 0.2) is 0 Å². The Bertz CT molecular complexity index is 510. The quantitative estimate of drug-likeness (QED) is 0.558. The van der Waals surface area contributed by atoms with Crippen LogP contribution in [0.2, 0.25) is 0 Å². The van der Waals surface area contributed by atoms with E-state index in [4.69, 9.17) is 18.6 Å². The molecule has 8 heteroatoms. The average Bonchev–Trinajstić information content (AvgIpc) is 2.80. The van der Waals surface area contributed by atoms with Crippen molar-refractivity contribution < 1.29 is 28.9 Å². The van der Waals surface area contributed by atoms with Gasteiger partial charge >= 0.3 is 3.98 Å². The molecule has 0 saturated heterocycles. The molecule has 0 aliphatic heterocycles. The van der Waals surface area contributed by atoms with Crippen LogP contribution in [-0.4, -0.2) is 7.05 Å². The Hall–Kier alpha value is -0.800. The zero-order chi connectivity index (χ0) is 13.6. The Morgan fingerprint density at radius 1 is 0.944 bits per heavy atom. The molecule has 0 atom stereocenters. The molecule has 0 aliphatic carbocycles. The predicted octanol–water partition coefficient (Wildman–Crippen LogP) is -2.21. The van der Waals surface area contributed by atoms with Crippen LogP contribution >= 0.6 is 22.7 Å². The van der Waals surface area contributed by atoms with Crippen LogP contribution in [0.15, 0.2) is 41.1 Å². The standard InChI is InChI=1S/C10H10NS2.ClHO4/c1-11(10-12-7-8-13-10)9-5-3-2-4-6-9;2-1(3,4)5/h2-8H,1H3;(H,2,3,4,5)/q+1;/p-1. The van der Waals surface area contributed by atoms with E-state index in [0.717, 1.165) is 0 Å². The largest absolute Gasteiger partial charge is 0.319 e. The molecule has 0 radical (unpaired) electrons. The van der Waals surface area contributed by atoms with Crippen LogP contribution in [0.5, 0.6) is 0 Å². The molecule has 0 spiro atoms. The molecular formula is C10H10ClNO4S2. The van der Waals surface area contributed by atoms with Crippen LogP contribution in [-0.2, 0) is 0 Å². The second kappa shape index (κ2) is 6.95. The predicted molar refractivity (Wildman–Crippen MR) is 59.5 cm³/mol. The average molecular weight is 308 g/mol. The molecule has 1 heterocycles. The monoisotopic (exact) mass is 307 g/mol. The first kappa shape index (κ1) is 15.3. The number of para-hydroxylation sites is 1. The lowest BCUT2D eigenvalue weighted by Crippen LogP contribution is -2.68. The molecule has 2 aromatic rings. The molecule has 1 aromatic heterocycles. The smallest absolute Gasteiger partial charge is 0.222 e. The minimum absolute atomic E-state index is 1.24. The molecule has 5 nitrogen and oxygen atoms in total. The van der Waals surface area contributed by atoms with Gasteiger partial charge in [0, 0.05) is 22.9 Å². The third kappa shape index (κ3) is 6.22. The summed E-state index contributed by atoms with van der Waals surface area (Å²) in [5.41, 5.74) is 1.24. The van der Waals surface area contributed by atoms with E-state index in [1.54, 1.807) is 22.7 Å². The lowest BCUT2D eigenvalue weighted by molar-refractivity contribution is -2.00. The molecule has 0 aliphatic rings. The van der Waals surface area contributed by atoms with Crippen molar-refractivity contribution >= 4 is 28.4 Å². The Morgan fingerprint density at radius 2 is 1.39 bits per heavy atom. The maximum absolute atomic E-state index is 8.49. The highest BCUT2D eigenvalue weighted by atomic mass is 35.7. The Labute approximate surface area is 114 Å². The SMILES string of the molecule is C[N+](c1ccccc1)=c1sccs1.[O-][Cl+3]([O-])([O-])[O-]. The van der Waals surface area contributed by atoms with E-state index in [1.165, 1.54) is 9.67 Å². The first-order valence-electron chi connectivity index (χ1n) is 4.64. The van der Waals surface area contributed by atoms with Crippen LogP contribution in [0.1, 0.15) is 0 Å². The molecule has 98 valence electrons. The second-order valence-corrected chi connectivity index (χ2v) is 5.85. The molecule has 0 bridgehead atoms. The van der Waals surface area contributed by atoms with Gasteiger partial charge in [-0.05, 0) is 0 Å². The summed E-state index contributed by atoms with van der Waals surface area (Å²) in [4.78, 5) is 0. The topological polar surface area (TPSA) is 95.2 Å². The zero-order valence-corrected chi connectivity index (χ0v) is 11.7. The van der Waals surface area contributed by atoms with Gasteiger partial charge in [-0.15, -0.1) is 10.2 Å². The van der Waals surface area contributed by atoms with Gasteiger partial charge in [-0.25, -0.2) is 18.6 Å². The van der Waals surface area contributed by atoms with Gasteiger partial charge in [-0.2, -0.15) is 4.58 Å². The second-order valence-electron chi connectivity index (χ2n) is 3.05. The van der Waals surface area contributed by atoms with Crippen LogP contribution < -0.4 is 27.2 Å². The molecule has 0 amide bonds. The van der Waals surface area contributed by atoms with Crippen molar-refractivity contribution in [2.24, 2.45) is 0 Å². The lowest BCUT2D eigenvalue weighted by atomic mass is 10.3. The van der Waals surface area contributed by atoms with Crippen molar-refractivity contribution in [2.75, 3.05) is 7.05 Å². The number of hydrogen-bond acceptors (Lipinski definition) is 6. The van der Waals surface area contributed by atoms with E-state index in [1.807, 2.05) is 6.07 Å². The highest BCUT2D eigenvalue weighted by Gasteiger charge is 2.03. The molecule has 18 heavy (non-hydrogen) atoms. The van der Waals surface area contributed by atoms with Crippen molar-refractivity contribution in [1.29, 1.82) is 0 Å². The summed E-state index contributed by atoms with van der Waals surface area (Å²) in [6.45, 7) is 0. The number of hydrogen-bond donors (Lipinski definition) is 0. The van der Waals surface area contributed by atoms with E-state index < -0.39 is 10.2 Å². The van der Waals surface area contributed by atoms with Gasteiger partial charge in [-0.3, -0.25) is 0 Å². The van der Waals surface area contributed by atoms with Crippen molar-refractivity contribution in [2.45, 2.75) is 0 Å². The van der Waals surface area contributed by atoms with Crippen molar-refractivity contribution in [1.82, 2.24) is 4.58 Å². The minimum Gasteiger partial charge on any atom is -0.222 e. The molecule has 0 unspecified atom stereocenters. The van der Waals surface area contributed by atoms with Crippen LogP contribution in [0.25, 0.3) is 0 Å². The molecule has 1 aromatic carbocycles. The zero-order valence-electron chi connectivity index (χ0n) is 9.32. The summed E-state index contributed by atoms with van der Waals surface area (Å²) in [6.07, 6.45) is 0. The highest BCUT2D eigenvalue weighted by molar-refractivity contribution is 7.24. The molecule has 2 rings (SSSR count). The molecular weight excluding hydrogens is 298 g/mol. The van der Waals surface area contributed by atoms with Crippen LogP contribution in [0.3, 0.4) is 0 Å². The summed E-state index contributed by atoms with van der Waals surface area (Å²) in [7, 11) is -2.85. The molecule has 0 saturated carbocycles. The van der Waals surface area contributed by atoms with Gasteiger partial charge in [0.05, 0.1) is 0 Å².